The summed E-state index contributed by atoms with van der Waals surface area (Å²) in [6.45, 7) is 9.84. The lowest BCUT2D eigenvalue weighted by Gasteiger charge is -2.21. The van der Waals surface area contributed by atoms with Crippen LogP contribution in [-0.4, -0.2) is 17.0 Å². The molecule has 0 spiro atoms. The van der Waals surface area contributed by atoms with Crippen molar-refractivity contribution < 1.29 is 0 Å². The first-order valence-electron chi connectivity index (χ1n) is 6.68. The maximum atomic E-state index is 4.63. The lowest BCUT2D eigenvalue weighted by atomic mass is 9.90. The van der Waals surface area contributed by atoms with Gasteiger partial charge in [-0.25, -0.2) is 0 Å². The number of benzene rings is 1. The average Bonchev–Trinajstić information content (AvgIpc) is 2.68. The van der Waals surface area contributed by atoms with Gasteiger partial charge >= 0.3 is 0 Å². The van der Waals surface area contributed by atoms with Gasteiger partial charge in [0.2, 0.25) is 0 Å². The van der Waals surface area contributed by atoms with Gasteiger partial charge in [0.05, 0.1) is 12.2 Å². The van der Waals surface area contributed by atoms with Crippen LogP contribution in [0, 0.1) is 12.3 Å². The van der Waals surface area contributed by atoms with Crippen LogP contribution in [-0.2, 0) is 0 Å². The third kappa shape index (κ3) is 4.50. The van der Waals surface area contributed by atoms with Crippen LogP contribution in [0.5, 0.6) is 0 Å². The Labute approximate surface area is 142 Å². The van der Waals surface area contributed by atoms with Gasteiger partial charge in [-0.3, -0.25) is 4.99 Å². The van der Waals surface area contributed by atoms with E-state index in [9.17, 15) is 0 Å². The van der Waals surface area contributed by atoms with Crippen molar-refractivity contribution in [2.24, 2.45) is 10.4 Å². The van der Waals surface area contributed by atoms with Crippen molar-refractivity contribution >= 4 is 54.5 Å². The standard InChI is InChI=1S/C15H20Br2N2S/c1-9-5-11(16)13(12(17)6-9)19-14-18-8-10(20-14)7-15(2,3)4/h5-6,10H,7-8H2,1-4H3,(H,18,19). The van der Waals surface area contributed by atoms with Crippen molar-refractivity contribution in [2.75, 3.05) is 11.9 Å². The summed E-state index contributed by atoms with van der Waals surface area (Å²) in [5.74, 6) is 0. The summed E-state index contributed by atoms with van der Waals surface area (Å²) in [4.78, 5) is 4.63. The van der Waals surface area contributed by atoms with Crippen LogP contribution < -0.4 is 5.32 Å². The maximum absolute atomic E-state index is 4.63. The molecule has 110 valence electrons. The van der Waals surface area contributed by atoms with Gasteiger partial charge < -0.3 is 5.32 Å². The van der Waals surface area contributed by atoms with Gasteiger partial charge in [-0.2, -0.15) is 0 Å². The molecule has 2 rings (SSSR count). The predicted molar refractivity (Wildman–Crippen MR) is 98.0 cm³/mol. The Morgan fingerprint density at radius 3 is 2.45 bits per heavy atom. The number of amidine groups is 1. The summed E-state index contributed by atoms with van der Waals surface area (Å²) >= 11 is 9.08. The minimum Gasteiger partial charge on any atom is -0.333 e. The van der Waals surface area contributed by atoms with Gasteiger partial charge in [0, 0.05) is 14.2 Å². The second kappa shape index (κ2) is 6.41. The Morgan fingerprint density at radius 1 is 1.30 bits per heavy atom. The normalized spacial score (nSPS) is 19.1. The minimum atomic E-state index is 0.355. The summed E-state index contributed by atoms with van der Waals surface area (Å²) in [7, 11) is 0. The number of aryl methyl sites for hydroxylation is 1. The van der Waals surface area contributed by atoms with Crippen LogP contribution in [0.2, 0.25) is 0 Å². The predicted octanol–water partition coefficient (Wildman–Crippen LogP) is 5.84. The highest BCUT2D eigenvalue weighted by Crippen LogP contribution is 2.36. The number of nitrogens with zero attached hydrogens (tertiary/aromatic N) is 1. The first-order valence-corrected chi connectivity index (χ1v) is 9.15. The molecule has 0 aromatic heterocycles. The van der Waals surface area contributed by atoms with Gasteiger partial charge in [-0.15, -0.1) is 0 Å². The first-order chi connectivity index (χ1) is 9.24. The van der Waals surface area contributed by atoms with E-state index in [1.807, 2.05) is 11.8 Å². The number of halogens is 2. The Kier molecular flexibility index (Phi) is 5.24. The van der Waals surface area contributed by atoms with E-state index in [1.54, 1.807) is 0 Å². The van der Waals surface area contributed by atoms with Gasteiger partial charge in [0.15, 0.2) is 5.17 Å². The Hall–Kier alpha value is -0.000000000000000111. The molecule has 1 aromatic carbocycles. The average molecular weight is 420 g/mol. The number of nitrogens with one attached hydrogen (secondary N) is 1. The number of aliphatic imine (C=N–C) groups is 1. The van der Waals surface area contributed by atoms with Crippen molar-refractivity contribution in [1.29, 1.82) is 0 Å². The Morgan fingerprint density at radius 2 is 1.90 bits per heavy atom. The van der Waals surface area contributed by atoms with E-state index >= 15 is 0 Å². The van der Waals surface area contributed by atoms with Crippen LogP contribution in [0.3, 0.4) is 0 Å². The van der Waals surface area contributed by atoms with Gasteiger partial charge in [-0.05, 0) is 68.3 Å². The summed E-state index contributed by atoms with van der Waals surface area (Å²) in [6.07, 6.45) is 1.18. The van der Waals surface area contributed by atoms with E-state index in [1.165, 1.54) is 12.0 Å². The van der Waals surface area contributed by atoms with Gasteiger partial charge in [0.1, 0.15) is 0 Å². The molecule has 20 heavy (non-hydrogen) atoms. The topological polar surface area (TPSA) is 24.4 Å². The molecule has 1 aliphatic rings. The molecule has 0 radical (unpaired) electrons. The number of thioether (sulfide) groups is 1. The van der Waals surface area contributed by atoms with Crippen LogP contribution >= 0.6 is 43.6 Å². The molecule has 1 unspecified atom stereocenters. The van der Waals surface area contributed by atoms with E-state index in [0.717, 1.165) is 26.3 Å². The van der Waals surface area contributed by atoms with Crippen LogP contribution in [0.1, 0.15) is 32.8 Å². The fourth-order valence-electron chi connectivity index (χ4n) is 2.20. The molecule has 0 bridgehead atoms. The molecule has 1 aliphatic heterocycles. The molecule has 0 aliphatic carbocycles. The molecule has 1 heterocycles. The zero-order valence-electron chi connectivity index (χ0n) is 12.3. The number of hydrogen-bond donors (Lipinski definition) is 1. The smallest absolute Gasteiger partial charge is 0.161 e. The highest BCUT2D eigenvalue weighted by Gasteiger charge is 2.25. The molecular formula is C15H20Br2N2S. The molecule has 2 nitrogen and oxygen atoms in total. The fourth-order valence-corrected chi connectivity index (χ4v) is 5.17. The first kappa shape index (κ1) is 16.4. The van der Waals surface area contributed by atoms with Crippen LogP contribution in [0.15, 0.2) is 26.1 Å². The molecule has 0 amide bonds. The molecular weight excluding hydrogens is 400 g/mol. The van der Waals surface area contributed by atoms with E-state index in [0.29, 0.717) is 10.7 Å². The SMILES string of the molecule is Cc1cc(Br)c(NC2=NCC(CC(C)(C)C)S2)c(Br)c1. The molecule has 1 atom stereocenters. The fraction of sp³-hybridized carbons (Fsp3) is 0.533. The molecule has 0 saturated heterocycles. The van der Waals surface area contributed by atoms with E-state index in [4.69, 9.17) is 0 Å². The summed E-state index contributed by atoms with van der Waals surface area (Å²) in [6, 6.07) is 4.22. The molecule has 5 heteroatoms. The van der Waals surface area contributed by atoms with Crippen molar-refractivity contribution in [3.63, 3.8) is 0 Å². The lowest BCUT2D eigenvalue weighted by molar-refractivity contribution is 0.375. The Balaban J connectivity index is 2.03. The zero-order valence-corrected chi connectivity index (χ0v) is 16.2. The van der Waals surface area contributed by atoms with E-state index in [-0.39, 0.29) is 0 Å². The third-order valence-electron chi connectivity index (χ3n) is 2.98. The monoisotopic (exact) mass is 418 g/mol. The quantitative estimate of drug-likeness (QED) is 0.650. The number of rotatable bonds is 2. The Bertz CT molecular complexity index is 512. The molecule has 0 saturated carbocycles. The highest BCUT2D eigenvalue weighted by molar-refractivity contribution is 9.11. The summed E-state index contributed by atoms with van der Waals surface area (Å²) < 4.78 is 2.12. The summed E-state index contributed by atoms with van der Waals surface area (Å²) in [5.41, 5.74) is 2.63. The summed E-state index contributed by atoms with van der Waals surface area (Å²) in [5, 5.41) is 5.04. The highest BCUT2D eigenvalue weighted by atomic mass is 79.9. The largest absolute Gasteiger partial charge is 0.333 e. The second-order valence-electron chi connectivity index (χ2n) is 6.38. The van der Waals surface area contributed by atoms with Crippen molar-refractivity contribution in [1.82, 2.24) is 0 Å². The third-order valence-corrected chi connectivity index (χ3v) is 5.33. The number of anilines is 1. The maximum Gasteiger partial charge on any atom is 0.161 e. The minimum absolute atomic E-state index is 0.355. The van der Waals surface area contributed by atoms with Crippen LogP contribution in [0.4, 0.5) is 5.69 Å². The lowest BCUT2D eigenvalue weighted by Crippen LogP contribution is -2.16. The van der Waals surface area contributed by atoms with Crippen molar-refractivity contribution in [3.05, 3.63) is 26.6 Å². The van der Waals surface area contributed by atoms with Crippen molar-refractivity contribution in [3.8, 4) is 0 Å². The van der Waals surface area contributed by atoms with E-state index < -0.39 is 0 Å². The van der Waals surface area contributed by atoms with Crippen molar-refractivity contribution in [2.45, 2.75) is 39.4 Å². The molecule has 1 aromatic rings. The van der Waals surface area contributed by atoms with Gasteiger partial charge in [0.25, 0.3) is 0 Å². The zero-order chi connectivity index (χ0) is 14.9. The number of hydrogen-bond acceptors (Lipinski definition) is 3. The van der Waals surface area contributed by atoms with Gasteiger partial charge in [-0.1, -0.05) is 32.5 Å². The second-order valence-corrected chi connectivity index (χ2v) is 9.38. The van der Waals surface area contributed by atoms with Crippen LogP contribution in [0.25, 0.3) is 0 Å². The van der Waals surface area contributed by atoms with E-state index in [2.05, 4.69) is 82.0 Å². The molecule has 0 fully saturated rings. The molecule has 1 N–H and O–H groups in total.